The molecule has 0 aliphatic heterocycles. The van der Waals surface area contributed by atoms with Crippen LogP contribution < -0.4 is 10.9 Å². The number of aromatic nitrogens is 2. The van der Waals surface area contributed by atoms with Gasteiger partial charge in [-0.25, -0.2) is 4.98 Å². The average Bonchev–Trinajstić information content (AvgIpc) is 2.60. The SMILES string of the molecule is Cc1ccc([C@@H](C)NC(=O)Cn2cnc3c(Cl)cc(Cl)cc3c2=O)cc1C. The third-order valence-electron chi connectivity index (χ3n) is 4.57. The summed E-state index contributed by atoms with van der Waals surface area (Å²) < 4.78 is 1.25. The highest BCUT2D eigenvalue weighted by Crippen LogP contribution is 2.24. The van der Waals surface area contributed by atoms with Gasteiger partial charge < -0.3 is 5.32 Å². The molecule has 1 aromatic heterocycles. The second kappa shape index (κ2) is 7.71. The molecule has 0 radical (unpaired) electrons. The second-order valence-corrected chi connectivity index (χ2v) is 7.44. The molecular weight excluding hydrogens is 385 g/mol. The van der Waals surface area contributed by atoms with Crippen molar-refractivity contribution >= 4 is 40.0 Å². The average molecular weight is 404 g/mol. The van der Waals surface area contributed by atoms with Crippen LogP contribution in [0.25, 0.3) is 10.9 Å². The summed E-state index contributed by atoms with van der Waals surface area (Å²) in [7, 11) is 0. The van der Waals surface area contributed by atoms with Crippen LogP contribution in [0.3, 0.4) is 0 Å². The molecule has 27 heavy (non-hydrogen) atoms. The lowest BCUT2D eigenvalue weighted by Crippen LogP contribution is -2.34. The van der Waals surface area contributed by atoms with Crippen molar-refractivity contribution in [1.29, 1.82) is 0 Å². The van der Waals surface area contributed by atoms with Crippen molar-refractivity contribution in [3.05, 3.63) is 73.7 Å². The molecule has 2 aromatic carbocycles. The lowest BCUT2D eigenvalue weighted by atomic mass is 10.0. The highest BCUT2D eigenvalue weighted by Gasteiger charge is 2.14. The van der Waals surface area contributed by atoms with Gasteiger partial charge in [0.1, 0.15) is 6.54 Å². The molecule has 7 heteroatoms. The van der Waals surface area contributed by atoms with Crippen molar-refractivity contribution in [3.8, 4) is 0 Å². The van der Waals surface area contributed by atoms with E-state index in [1.807, 2.05) is 39.0 Å². The zero-order valence-electron chi connectivity index (χ0n) is 15.2. The maximum absolute atomic E-state index is 12.6. The van der Waals surface area contributed by atoms with E-state index in [1.165, 1.54) is 28.6 Å². The summed E-state index contributed by atoms with van der Waals surface area (Å²) in [5.41, 5.74) is 3.37. The quantitative estimate of drug-likeness (QED) is 0.709. The van der Waals surface area contributed by atoms with Gasteiger partial charge in [0.15, 0.2) is 0 Å². The number of amides is 1. The van der Waals surface area contributed by atoms with Gasteiger partial charge in [0.2, 0.25) is 5.91 Å². The highest BCUT2D eigenvalue weighted by atomic mass is 35.5. The summed E-state index contributed by atoms with van der Waals surface area (Å²) in [6, 6.07) is 8.92. The molecule has 5 nitrogen and oxygen atoms in total. The first kappa shape index (κ1) is 19.4. The molecule has 0 saturated heterocycles. The van der Waals surface area contributed by atoms with Crippen molar-refractivity contribution in [2.75, 3.05) is 0 Å². The molecule has 1 atom stereocenters. The molecule has 0 fully saturated rings. The van der Waals surface area contributed by atoms with Gasteiger partial charge in [-0.05, 0) is 49.6 Å². The molecule has 0 saturated carbocycles. The summed E-state index contributed by atoms with van der Waals surface area (Å²) in [5, 5.41) is 3.84. The first-order chi connectivity index (χ1) is 12.8. The van der Waals surface area contributed by atoms with Crippen molar-refractivity contribution in [3.63, 3.8) is 0 Å². The Morgan fingerprint density at radius 1 is 1.19 bits per heavy atom. The van der Waals surface area contributed by atoms with Crippen molar-refractivity contribution in [2.45, 2.75) is 33.4 Å². The van der Waals surface area contributed by atoms with Gasteiger partial charge in [-0.3, -0.25) is 14.2 Å². The van der Waals surface area contributed by atoms with Gasteiger partial charge in [-0.15, -0.1) is 0 Å². The Bertz CT molecular complexity index is 1090. The van der Waals surface area contributed by atoms with Crippen LogP contribution in [-0.4, -0.2) is 15.5 Å². The van der Waals surface area contributed by atoms with Crippen LogP contribution in [0.5, 0.6) is 0 Å². The molecule has 0 unspecified atom stereocenters. The van der Waals surface area contributed by atoms with Crippen LogP contribution in [0.4, 0.5) is 0 Å². The Morgan fingerprint density at radius 3 is 2.63 bits per heavy atom. The third kappa shape index (κ3) is 4.15. The predicted octanol–water partition coefficient (Wildman–Crippen LogP) is 4.20. The number of rotatable bonds is 4. The van der Waals surface area contributed by atoms with Crippen LogP contribution in [0.2, 0.25) is 10.0 Å². The van der Waals surface area contributed by atoms with Gasteiger partial charge in [0.05, 0.1) is 28.3 Å². The van der Waals surface area contributed by atoms with Gasteiger partial charge in [0, 0.05) is 5.02 Å². The number of aryl methyl sites for hydroxylation is 2. The van der Waals surface area contributed by atoms with Crippen molar-refractivity contribution in [1.82, 2.24) is 14.9 Å². The van der Waals surface area contributed by atoms with Gasteiger partial charge in [-0.1, -0.05) is 41.4 Å². The summed E-state index contributed by atoms with van der Waals surface area (Å²) in [5.74, 6) is -0.280. The lowest BCUT2D eigenvalue weighted by molar-refractivity contribution is -0.122. The largest absolute Gasteiger partial charge is 0.348 e. The van der Waals surface area contributed by atoms with Gasteiger partial charge in [0.25, 0.3) is 5.56 Å². The lowest BCUT2D eigenvalue weighted by Gasteiger charge is -2.16. The Hall–Kier alpha value is -2.37. The van der Waals surface area contributed by atoms with E-state index in [2.05, 4.69) is 10.3 Å². The number of carbonyl (C=O) groups is 1. The van der Waals surface area contributed by atoms with E-state index in [9.17, 15) is 9.59 Å². The van der Waals surface area contributed by atoms with Crippen LogP contribution >= 0.6 is 23.2 Å². The minimum Gasteiger partial charge on any atom is -0.348 e. The van der Waals surface area contributed by atoms with Crippen LogP contribution in [-0.2, 0) is 11.3 Å². The maximum atomic E-state index is 12.6. The van der Waals surface area contributed by atoms with E-state index < -0.39 is 0 Å². The fourth-order valence-corrected chi connectivity index (χ4v) is 3.41. The van der Waals surface area contributed by atoms with E-state index in [4.69, 9.17) is 23.2 Å². The van der Waals surface area contributed by atoms with E-state index in [0.717, 1.165) is 11.1 Å². The third-order valence-corrected chi connectivity index (χ3v) is 5.07. The molecule has 1 amide bonds. The van der Waals surface area contributed by atoms with E-state index in [0.29, 0.717) is 15.6 Å². The molecule has 1 heterocycles. The summed E-state index contributed by atoms with van der Waals surface area (Å²) in [6.45, 7) is 5.84. The first-order valence-electron chi connectivity index (χ1n) is 8.47. The Morgan fingerprint density at radius 2 is 1.93 bits per heavy atom. The van der Waals surface area contributed by atoms with Gasteiger partial charge >= 0.3 is 0 Å². The zero-order valence-corrected chi connectivity index (χ0v) is 16.7. The standard InChI is InChI=1S/C20H19Cl2N3O2/c1-11-4-5-14(6-12(11)2)13(3)24-18(26)9-25-10-23-19-16(20(25)27)7-15(21)8-17(19)22/h4-8,10,13H,9H2,1-3H3,(H,24,26)/t13-/m1/s1. The molecule has 3 aromatic rings. The number of fused-ring (bicyclic) bond motifs is 1. The minimum atomic E-state index is -0.363. The number of hydrogen-bond donors (Lipinski definition) is 1. The number of carbonyl (C=O) groups excluding carboxylic acids is 1. The van der Waals surface area contributed by atoms with E-state index in [1.54, 1.807) is 0 Å². The molecule has 3 rings (SSSR count). The fraction of sp³-hybridized carbons (Fsp3) is 0.250. The van der Waals surface area contributed by atoms with Crippen LogP contribution in [0.15, 0.2) is 41.5 Å². The molecule has 1 N–H and O–H groups in total. The minimum absolute atomic E-state index is 0.138. The summed E-state index contributed by atoms with van der Waals surface area (Å²) in [4.78, 5) is 29.2. The Balaban J connectivity index is 1.80. The number of nitrogens with zero attached hydrogens (tertiary/aromatic N) is 2. The second-order valence-electron chi connectivity index (χ2n) is 6.59. The molecule has 0 aliphatic rings. The van der Waals surface area contributed by atoms with E-state index in [-0.39, 0.29) is 29.4 Å². The molecule has 0 spiro atoms. The Labute approximate surface area is 166 Å². The summed E-state index contributed by atoms with van der Waals surface area (Å²) in [6.07, 6.45) is 1.32. The smallest absolute Gasteiger partial charge is 0.261 e. The number of halogens is 2. The zero-order chi connectivity index (χ0) is 19.7. The van der Waals surface area contributed by atoms with Crippen LogP contribution in [0, 0.1) is 13.8 Å². The normalized spacial score (nSPS) is 12.2. The maximum Gasteiger partial charge on any atom is 0.261 e. The molecular formula is C20H19Cl2N3O2. The van der Waals surface area contributed by atoms with Crippen molar-refractivity contribution < 1.29 is 4.79 Å². The van der Waals surface area contributed by atoms with Gasteiger partial charge in [-0.2, -0.15) is 0 Å². The molecule has 0 aliphatic carbocycles. The topological polar surface area (TPSA) is 64.0 Å². The molecule has 140 valence electrons. The number of hydrogen-bond acceptors (Lipinski definition) is 3. The molecule has 0 bridgehead atoms. The first-order valence-corrected chi connectivity index (χ1v) is 9.22. The van der Waals surface area contributed by atoms with E-state index >= 15 is 0 Å². The van der Waals surface area contributed by atoms with Crippen LogP contribution in [0.1, 0.15) is 29.7 Å². The monoisotopic (exact) mass is 403 g/mol. The number of benzene rings is 2. The van der Waals surface area contributed by atoms with Crippen molar-refractivity contribution in [2.24, 2.45) is 0 Å². The summed E-state index contributed by atoms with van der Waals surface area (Å²) >= 11 is 12.1. The predicted molar refractivity (Wildman–Crippen MR) is 108 cm³/mol. The number of nitrogens with one attached hydrogen (secondary N) is 1. The highest BCUT2D eigenvalue weighted by molar-refractivity contribution is 6.38. The fourth-order valence-electron chi connectivity index (χ4n) is 2.87. The Kier molecular flexibility index (Phi) is 5.53.